The highest BCUT2D eigenvalue weighted by atomic mass is 35.5. The van der Waals surface area contributed by atoms with Gasteiger partial charge in [-0.3, -0.25) is 4.79 Å². The second-order valence-electron chi connectivity index (χ2n) is 9.84. The average Bonchev–Trinajstić information content (AvgIpc) is 2.86. The highest BCUT2D eigenvalue weighted by Crippen LogP contribution is 2.55. The Morgan fingerprint density at radius 1 is 1.03 bits per heavy atom. The smallest absolute Gasteiger partial charge is 0.235 e. The summed E-state index contributed by atoms with van der Waals surface area (Å²) in [5.41, 5.74) is -0.438. The Hall–Kier alpha value is -2.32. The largest absolute Gasteiger partial charge is 0.490 e. The summed E-state index contributed by atoms with van der Waals surface area (Å²) >= 11 is 5.96. The molecule has 14 heteroatoms. The number of fused-ring (bicyclic) bond motifs is 3. The van der Waals surface area contributed by atoms with Crippen molar-refractivity contribution in [3.63, 3.8) is 0 Å². The number of halogens is 3. The third-order valence-electron chi connectivity index (χ3n) is 7.41. The van der Waals surface area contributed by atoms with E-state index in [1.807, 2.05) is 0 Å². The van der Waals surface area contributed by atoms with Crippen LogP contribution in [0.5, 0.6) is 5.75 Å². The maximum atomic E-state index is 15.4. The molecule has 9 nitrogen and oxygen atoms in total. The lowest BCUT2D eigenvalue weighted by Gasteiger charge is -2.50. The summed E-state index contributed by atoms with van der Waals surface area (Å²) in [7, 11) is -8.33. The molecule has 5 rings (SSSR count). The van der Waals surface area contributed by atoms with Gasteiger partial charge in [-0.25, -0.2) is 25.6 Å². The Kier molecular flexibility index (Phi) is 7.66. The summed E-state index contributed by atoms with van der Waals surface area (Å²) in [6, 6.07) is 6.81. The van der Waals surface area contributed by atoms with Crippen LogP contribution in [0.4, 0.5) is 8.78 Å². The first-order chi connectivity index (χ1) is 18.4. The number of ether oxygens (including phenoxy) is 3. The van der Waals surface area contributed by atoms with Gasteiger partial charge in [-0.15, -0.1) is 0 Å². The molecule has 1 amide bonds. The zero-order valence-electron chi connectivity index (χ0n) is 20.6. The average molecular weight is 606 g/mol. The molecule has 2 fully saturated rings. The second-order valence-corrected chi connectivity index (χ2v) is 14.7. The molecular formula is C25H26ClF2NO8S2. The van der Waals surface area contributed by atoms with Crippen LogP contribution >= 0.6 is 11.6 Å². The molecule has 2 aromatic carbocycles. The van der Waals surface area contributed by atoms with E-state index in [9.17, 15) is 26.0 Å². The van der Waals surface area contributed by atoms with Gasteiger partial charge in [0.05, 0.1) is 48.2 Å². The van der Waals surface area contributed by atoms with Gasteiger partial charge in [-0.1, -0.05) is 11.6 Å². The van der Waals surface area contributed by atoms with Crippen LogP contribution in [0.3, 0.4) is 0 Å². The van der Waals surface area contributed by atoms with Gasteiger partial charge in [0, 0.05) is 17.5 Å². The van der Waals surface area contributed by atoms with E-state index in [0.717, 1.165) is 12.1 Å². The summed E-state index contributed by atoms with van der Waals surface area (Å²) in [6.07, 6.45) is -1.40. The van der Waals surface area contributed by atoms with E-state index in [1.165, 1.54) is 24.3 Å². The molecule has 0 aromatic heterocycles. The molecular weight excluding hydrogens is 580 g/mol. The number of carbonyl (C=O) groups is 1. The molecule has 0 unspecified atom stereocenters. The first kappa shape index (κ1) is 28.2. The topological polar surface area (TPSA) is 125 Å². The van der Waals surface area contributed by atoms with Crippen molar-refractivity contribution in [2.45, 2.75) is 34.6 Å². The van der Waals surface area contributed by atoms with Crippen molar-refractivity contribution in [3.05, 3.63) is 58.6 Å². The predicted octanol–water partition coefficient (Wildman–Crippen LogP) is 2.40. The first-order valence-corrected chi connectivity index (χ1v) is 15.9. The number of hydrogen-bond acceptors (Lipinski definition) is 8. The van der Waals surface area contributed by atoms with Gasteiger partial charge in [0.1, 0.15) is 16.3 Å². The number of sulfone groups is 2. The summed E-state index contributed by atoms with van der Waals surface area (Å²) in [5.74, 6) is -5.35. The normalized spacial score (nSPS) is 25.1. The summed E-state index contributed by atoms with van der Waals surface area (Å²) in [5, 5.41) is 2.85. The van der Waals surface area contributed by atoms with E-state index in [1.54, 1.807) is 0 Å². The van der Waals surface area contributed by atoms with Gasteiger partial charge >= 0.3 is 0 Å². The van der Waals surface area contributed by atoms with Gasteiger partial charge in [0.2, 0.25) is 5.91 Å². The second kappa shape index (κ2) is 10.6. The van der Waals surface area contributed by atoms with Crippen LogP contribution in [-0.4, -0.2) is 72.8 Å². The van der Waals surface area contributed by atoms with Gasteiger partial charge < -0.3 is 19.5 Å². The predicted molar refractivity (Wildman–Crippen MR) is 136 cm³/mol. The molecule has 0 bridgehead atoms. The van der Waals surface area contributed by atoms with Gasteiger partial charge in [0.15, 0.2) is 31.2 Å². The van der Waals surface area contributed by atoms with Crippen molar-refractivity contribution < 1.29 is 44.6 Å². The monoisotopic (exact) mass is 605 g/mol. The zero-order valence-corrected chi connectivity index (χ0v) is 23.0. The molecule has 0 saturated carbocycles. The number of nitrogens with one attached hydrogen (secondary N) is 1. The molecule has 0 spiro atoms. The van der Waals surface area contributed by atoms with Crippen molar-refractivity contribution in [2.24, 2.45) is 5.92 Å². The summed E-state index contributed by atoms with van der Waals surface area (Å²) in [4.78, 5) is 12.0. The minimum atomic E-state index is -4.42. The minimum Gasteiger partial charge on any atom is -0.490 e. The Morgan fingerprint density at radius 2 is 1.72 bits per heavy atom. The number of rotatable bonds is 8. The number of benzene rings is 2. The SMILES string of the molecule is O=C(CS(=O)(=O)CC[C@@H]1OCC[C@@]2(S(=O)(=O)c3ccc(Cl)cc3)c3c(F)ccc(F)c3OC[C@@H]12)NC1COC1. The van der Waals surface area contributed by atoms with Crippen LogP contribution < -0.4 is 10.1 Å². The van der Waals surface area contributed by atoms with E-state index >= 15 is 4.39 Å². The van der Waals surface area contributed by atoms with Crippen molar-refractivity contribution in [1.82, 2.24) is 5.32 Å². The van der Waals surface area contributed by atoms with E-state index in [4.69, 9.17) is 25.8 Å². The molecule has 3 aliphatic heterocycles. The fourth-order valence-corrected chi connectivity index (χ4v) is 9.18. The molecule has 3 atom stereocenters. The van der Waals surface area contributed by atoms with E-state index < -0.39 is 76.8 Å². The van der Waals surface area contributed by atoms with Gasteiger partial charge in [-0.2, -0.15) is 0 Å². The molecule has 39 heavy (non-hydrogen) atoms. The summed E-state index contributed by atoms with van der Waals surface area (Å²) in [6.45, 7) is 0.108. The Bertz CT molecular complexity index is 1480. The van der Waals surface area contributed by atoms with Crippen molar-refractivity contribution in [2.75, 3.05) is 37.9 Å². The molecule has 0 radical (unpaired) electrons. The fourth-order valence-electron chi connectivity index (χ4n) is 5.49. The fraction of sp³-hybridized carbons (Fsp3) is 0.480. The highest BCUT2D eigenvalue weighted by molar-refractivity contribution is 7.92. The van der Waals surface area contributed by atoms with Crippen molar-refractivity contribution >= 4 is 37.2 Å². The third kappa shape index (κ3) is 5.15. The van der Waals surface area contributed by atoms with Crippen LogP contribution in [0.15, 0.2) is 41.3 Å². The third-order valence-corrected chi connectivity index (χ3v) is 11.8. The van der Waals surface area contributed by atoms with Crippen molar-refractivity contribution in [3.8, 4) is 5.75 Å². The van der Waals surface area contributed by atoms with E-state index in [-0.39, 0.29) is 42.0 Å². The molecule has 212 valence electrons. The maximum Gasteiger partial charge on any atom is 0.235 e. The zero-order chi connectivity index (χ0) is 28.0. The van der Waals surface area contributed by atoms with Crippen LogP contribution in [0.25, 0.3) is 0 Å². The Labute approximate surface area is 229 Å². The van der Waals surface area contributed by atoms with Crippen molar-refractivity contribution in [1.29, 1.82) is 0 Å². The van der Waals surface area contributed by atoms with E-state index in [2.05, 4.69) is 5.32 Å². The molecule has 2 saturated heterocycles. The quantitative estimate of drug-likeness (QED) is 0.486. The Balaban J connectivity index is 1.49. The first-order valence-electron chi connectivity index (χ1n) is 12.3. The standard InChI is InChI=1S/C25H26ClF2NO8S2/c26-15-1-3-17(4-2-15)39(33,34)25-8-9-36-21(7-10-38(31,32)14-22(30)29-16-11-35-12-16)18(25)13-37-24-20(28)6-5-19(27)23(24)25/h1-6,16,18,21H,7-14H2,(H,29,30)/t18-,21-,25-/m0/s1. The molecule has 2 aromatic rings. The van der Waals surface area contributed by atoms with Gasteiger partial charge in [-0.05, 0) is 49.2 Å². The number of amides is 1. The maximum absolute atomic E-state index is 15.4. The molecule has 1 N–H and O–H groups in total. The lowest BCUT2D eigenvalue weighted by molar-refractivity contribution is -0.122. The lowest BCUT2D eigenvalue weighted by Crippen LogP contribution is -2.57. The molecule has 3 aliphatic rings. The van der Waals surface area contributed by atoms with Crippen LogP contribution in [-0.2, 0) is 38.7 Å². The summed E-state index contributed by atoms with van der Waals surface area (Å²) < 4.78 is 98.6. The van der Waals surface area contributed by atoms with Crippen LogP contribution in [0.1, 0.15) is 18.4 Å². The van der Waals surface area contributed by atoms with Gasteiger partial charge in [0.25, 0.3) is 0 Å². The molecule has 3 heterocycles. The molecule has 0 aliphatic carbocycles. The minimum absolute atomic E-state index is 0.154. The van der Waals surface area contributed by atoms with Crippen LogP contribution in [0, 0.1) is 17.6 Å². The number of hydrogen-bond donors (Lipinski definition) is 1. The van der Waals surface area contributed by atoms with Crippen LogP contribution in [0.2, 0.25) is 5.02 Å². The number of carbonyl (C=O) groups excluding carboxylic acids is 1. The highest BCUT2D eigenvalue weighted by Gasteiger charge is 2.61. The lowest BCUT2D eigenvalue weighted by atomic mass is 9.75. The van der Waals surface area contributed by atoms with E-state index in [0.29, 0.717) is 13.2 Å². The Morgan fingerprint density at radius 3 is 2.38 bits per heavy atom.